The quantitative estimate of drug-likeness (QED) is 0.462. The fourth-order valence-corrected chi connectivity index (χ4v) is 2.10. The summed E-state index contributed by atoms with van der Waals surface area (Å²) in [4.78, 5) is 8.68. The second-order valence-electron chi connectivity index (χ2n) is 5.16. The van der Waals surface area contributed by atoms with Crippen molar-refractivity contribution in [3.63, 3.8) is 0 Å². The summed E-state index contributed by atoms with van der Waals surface area (Å²) in [6.45, 7) is 4.74. The Morgan fingerprint density at radius 1 is 1.40 bits per heavy atom. The Morgan fingerprint density at radius 2 is 2.25 bits per heavy atom. The highest BCUT2D eigenvalue weighted by atomic mass is 35.5. The lowest BCUT2D eigenvalue weighted by molar-refractivity contribution is 0.724. The number of guanidine groups is 1. The predicted octanol–water partition coefficient (Wildman–Crippen LogP) is 2.63. The van der Waals surface area contributed by atoms with Crippen LogP contribution >= 0.6 is 11.6 Å². The highest BCUT2D eigenvalue weighted by Crippen LogP contribution is 2.32. The molecule has 4 nitrogen and oxygen atoms in total. The number of hydrogen-bond acceptors (Lipinski definition) is 2. The maximum atomic E-state index is 5.77. The lowest BCUT2D eigenvalue weighted by Gasteiger charge is -2.11. The fraction of sp³-hybridized carbons (Fsp3) is 0.600. The van der Waals surface area contributed by atoms with E-state index < -0.39 is 0 Å². The molecule has 0 atom stereocenters. The van der Waals surface area contributed by atoms with Crippen molar-refractivity contribution in [2.45, 2.75) is 32.6 Å². The van der Waals surface area contributed by atoms with E-state index in [2.05, 4.69) is 27.5 Å². The van der Waals surface area contributed by atoms with Crippen LogP contribution in [0.5, 0.6) is 0 Å². The van der Waals surface area contributed by atoms with Gasteiger partial charge in [0.25, 0.3) is 0 Å². The van der Waals surface area contributed by atoms with Gasteiger partial charge in [-0.1, -0.05) is 30.5 Å². The molecule has 0 aromatic carbocycles. The summed E-state index contributed by atoms with van der Waals surface area (Å²) in [5.74, 6) is 1.84. The van der Waals surface area contributed by atoms with Gasteiger partial charge in [-0.3, -0.25) is 4.99 Å². The minimum atomic E-state index is 0.539. The molecule has 20 heavy (non-hydrogen) atoms. The van der Waals surface area contributed by atoms with Crippen LogP contribution in [0.1, 0.15) is 31.7 Å². The molecule has 1 fully saturated rings. The molecule has 110 valence electrons. The van der Waals surface area contributed by atoms with Crippen LogP contribution in [0, 0.1) is 5.92 Å². The first-order valence-electron chi connectivity index (χ1n) is 7.40. The highest BCUT2D eigenvalue weighted by molar-refractivity contribution is 6.29. The molecular weight excluding hydrogens is 272 g/mol. The fourth-order valence-electron chi connectivity index (χ4n) is 1.99. The van der Waals surface area contributed by atoms with Crippen molar-refractivity contribution in [3.05, 3.63) is 29.0 Å². The minimum absolute atomic E-state index is 0.539. The third-order valence-electron chi connectivity index (χ3n) is 3.34. The van der Waals surface area contributed by atoms with Crippen molar-refractivity contribution in [1.29, 1.82) is 0 Å². The Kier molecular flexibility index (Phi) is 6.12. The number of pyridine rings is 1. The molecule has 1 aliphatic rings. The van der Waals surface area contributed by atoms with Crippen LogP contribution in [-0.4, -0.2) is 30.6 Å². The van der Waals surface area contributed by atoms with Gasteiger partial charge < -0.3 is 10.6 Å². The van der Waals surface area contributed by atoms with Gasteiger partial charge in [0.05, 0.1) is 0 Å². The maximum Gasteiger partial charge on any atom is 0.191 e. The Morgan fingerprint density at radius 3 is 2.90 bits per heavy atom. The number of halogens is 1. The van der Waals surface area contributed by atoms with E-state index in [4.69, 9.17) is 11.6 Å². The highest BCUT2D eigenvalue weighted by Gasteiger charge is 2.20. The summed E-state index contributed by atoms with van der Waals surface area (Å²) in [5.41, 5.74) is 1.18. The first-order valence-corrected chi connectivity index (χ1v) is 7.78. The zero-order valence-electron chi connectivity index (χ0n) is 12.0. The van der Waals surface area contributed by atoms with Gasteiger partial charge in [-0.2, -0.15) is 0 Å². The van der Waals surface area contributed by atoms with Crippen LogP contribution in [0.15, 0.2) is 23.3 Å². The van der Waals surface area contributed by atoms with Gasteiger partial charge in [-0.05, 0) is 37.3 Å². The summed E-state index contributed by atoms with van der Waals surface area (Å²) in [6, 6.07) is 3.83. The smallest absolute Gasteiger partial charge is 0.191 e. The van der Waals surface area contributed by atoms with Crippen molar-refractivity contribution in [2.75, 3.05) is 19.6 Å². The predicted molar refractivity (Wildman–Crippen MR) is 84.3 cm³/mol. The number of rotatable bonds is 7. The normalized spacial score (nSPS) is 15.2. The number of hydrogen-bond donors (Lipinski definition) is 2. The third kappa shape index (κ3) is 5.78. The van der Waals surface area contributed by atoms with Gasteiger partial charge in [-0.25, -0.2) is 4.98 Å². The van der Waals surface area contributed by atoms with Crippen LogP contribution in [0.2, 0.25) is 5.15 Å². The number of nitrogens with one attached hydrogen (secondary N) is 2. The van der Waals surface area contributed by atoms with Crippen molar-refractivity contribution < 1.29 is 0 Å². The van der Waals surface area contributed by atoms with Crippen LogP contribution in [-0.2, 0) is 6.42 Å². The molecule has 0 spiro atoms. The molecule has 1 aromatic heterocycles. The van der Waals surface area contributed by atoms with Gasteiger partial charge in [0.1, 0.15) is 5.15 Å². The molecule has 1 saturated carbocycles. The summed E-state index contributed by atoms with van der Waals surface area (Å²) >= 11 is 5.77. The van der Waals surface area contributed by atoms with E-state index >= 15 is 0 Å². The molecule has 2 N–H and O–H groups in total. The van der Waals surface area contributed by atoms with E-state index in [1.165, 1.54) is 24.8 Å². The lowest BCUT2D eigenvalue weighted by atomic mass is 10.2. The Bertz CT molecular complexity index is 426. The standard InChI is InChI=1S/C15H23ClN4/c1-2-17-15(18-9-7-12-3-4-12)19-10-8-13-5-6-14(16)20-11-13/h5-6,11-12H,2-4,7-10H2,1H3,(H2,17,18,19). The molecule has 1 heterocycles. The molecule has 2 rings (SSSR count). The summed E-state index contributed by atoms with van der Waals surface area (Å²) in [5, 5.41) is 7.17. The molecule has 0 saturated heterocycles. The van der Waals surface area contributed by atoms with Gasteiger partial charge in [0, 0.05) is 25.8 Å². The van der Waals surface area contributed by atoms with E-state index in [0.29, 0.717) is 5.15 Å². The zero-order chi connectivity index (χ0) is 14.2. The van der Waals surface area contributed by atoms with E-state index in [1.807, 2.05) is 18.3 Å². The summed E-state index contributed by atoms with van der Waals surface area (Å²) < 4.78 is 0. The van der Waals surface area contributed by atoms with Gasteiger partial charge in [0.15, 0.2) is 5.96 Å². The van der Waals surface area contributed by atoms with Gasteiger partial charge in [0.2, 0.25) is 0 Å². The maximum absolute atomic E-state index is 5.77. The van der Waals surface area contributed by atoms with Crippen LogP contribution in [0.3, 0.4) is 0 Å². The average Bonchev–Trinajstić information content (AvgIpc) is 3.25. The van der Waals surface area contributed by atoms with E-state index in [-0.39, 0.29) is 0 Å². The van der Waals surface area contributed by atoms with Crippen molar-refractivity contribution in [3.8, 4) is 0 Å². The summed E-state index contributed by atoms with van der Waals surface area (Å²) in [7, 11) is 0. The summed E-state index contributed by atoms with van der Waals surface area (Å²) in [6.07, 6.45) is 6.74. The molecule has 1 aromatic rings. The number of aliphatic imine (C=N–C) groups is 1. The third-order valence-corrected chi connectivity index (χ3v) is 3.57. The lowest BCUT2D eigenvalue weighted by Crippen LogP contribution is -2.38. The Hall–Kier alpha value is -1.29. The van der Waals surface area contributed by atoms with Gasteiger partial charge >= 0.3 is 0 Å². The first-order chi connectivity index (χ1) is 9.78. The van der Waals surface area contributed by atoms with Gasteiger partial charge in [-0.15, -0.1) is 0 Å². The molecule has 1 aliphatic carbocycles. The second-order valence-corrected chi connectivity index (χ2v) is 5.55. The molecular formula is C15H23ClN4. The van der Waals surface area contributed by atoms with Crippen molar-refractivity contribution in [1.82, 2.24) is 15.6 Å². The van der Waals surface area contributed by atoms with Crippen LogP contribution in [0.4, 0.5) is 0 Å². The molecule has 0 amide bonds. The molecule has 0 radical (unpaired) electrons. The number of aromatic nitrogens is 1. The molecule has 0 unspecified atom stereocenters. The van der Waals surface area contributed by atoms with E-state index in [0.717, 1.165) is 37.9 Å². The van der Waals surface area contributed by atoms with Crippen molar-refractivity contribution >= 4 is 17.6 Å². The van der Waals surface area contributed by atoms with E-state index in [9.17, 15) is 0 Å². The SMILES string of the molecule is CCNC(=NCCC1CC1)NCCc1ccc(Cl)nc1. The second kappa shape index (κ2) is 8.10. The first kappa shape index (κ1) is 15.1. The molecule has 5 heteroatoms. The molecule has 0 aliphatic heterocycles. The van der Waals surface area contributed by atoms with Crippen molar-refractivity contribution in [2.24, 2.45) is 10.9 Å². The zero-order valence-corrected chi connectivity index (χ0v) is 12.8. The number of nitrogens with zero attached hydrogens (tertiary/aromatic N) is 2. The minimum Gasteiger partial charge on any atom is -0.357 e. The average molecular weight is 295 g/mol. The van der Waals surface area contributed by atoms with Crippen LogP contribution in [0.25, 0.3) is 0 Å². The van der Waals surface area contributed by atoms with E-state index in [1.54, 1.807) is 0 Å². The molecule has 0 bridgehead atoms. The monoisotopic (exact) mass is 294 g/mol. The topological polar surface area (TPSA) is 49.3 Å². The Balaban J connectivity index is 1.71. The van der Waals surface area contributed by atoms with Crippen LogP contribution < -0.4 is 10.6 Å². The largest absolute Gasteiger partial charge is 0.357 e. The Labute approximate surface area is 126 Å².